The number of anilines is 1. The summed E-state index contributed by atoms with van der Waals surface area (Å²) in [6, 6.07) is 5.77. The number of pyridine rings is 2. The zero-order valence-electron chi connectivity index (χ0n) is 13.3. The van der Waals surface area contributed by atoms with Gasteiger partial charge in [-0.1, -0.05) is 6.08 Å². The van der Waals surface area contributed by atoms with Crippen LogP contribution in [0.3, 0.4) is 0 Å². The highest BCUT2D eigenvalue weighted by Gasteiger charge is 2.21. The maximum absolute atomic E-state index is 6.19. The Labute approximate surface area is 140 Å². The van der Waals surface area contributed by atoms with Crippen molar-refractivity contribution < 1.29 is 4.74 Å². The van der Waals surface area contributed by atoms with Gasteiger partial charge in [-0.3, -0.25) is 0 Å². The van der Waals surface area contributed by atoms with Crippen LogP contribution in [0.1, 0.15) is 5.56 Å². The molecule has 0 fully saturated rings. The van der Waals surface area contributed by atoms with Gasteiger partial charge in [0.15, 0.2) is 0 Å². The minimum atomic E-state index is 0.493. The molecule has 0 radical (unpaired) electrons. The SMILES string of the molecule is COc1ccc(-c2c(C3=CC=C4N=CCN4C3)ccnc2N)cn1. The van der Waals surface area contributed by atoms with Crippen LogP contribution in [0.15, 0.2) is 53.6 Å². The van der Waals surface area contributed by atoms with Crippen LogP contribution in [0, 0.1) is 0 Å². The van der Waals surface area contributed by atoms with Crippen LogP contribution in [0.2, 0.25) is 0 Å². The molecule has 0 amide bonds. The summed E-state index contributed by atoms with van der Waals surface area (Å²) in [6.45, 7) is 1.63. The average Bonchev–Trinajstić information content (AvgIpc) is 3.09. The summed E-state index contributed by atoms with van der Waals surface area (Å²) in [5, 5.41) is 0. The molecule has 2 aromatic heterocycles. The number of aromatic nitrogens is 2. The number of nitrogens with two attached hydrogens (primary N) is 1. The third kappa shape index (κ3) is 2.42. The van der Waals surface area contributed by atoms with Crippen LogP contribution in [-0.4, -0.2) is 41.3 Å². The molecular weight excluding hydrogens is 302 g/mol. The summed E-state index contributed by atoms with van der Waals surface area (Å²) >= 11 is 0. The molecule has 0 unspecified atom stereocenters. The van der Waals surface area contributed by atoms with Gasteiger partial charge >= 0.3 is 0 Å². The van der Waals surface area contributed by atoms with E-state index in [1.54, 1.807) is 19.5 Å². The fraction of sp³-hybridized carbons (Fsp3) is 0.167. The van der Waals surface area contributed by atoms with Crippen LogP contribution < -0.4 is 10.5 Å². The topological polar surface area (TPSA) is 76.6 Å². The normalized spacial score (nSPS) is 15.8. The number of ether oxygens (including phenoxy) is 1. The molecule has 2 aliphatic rings. The highest BCUT2D eigenvalue weighted by atomic mass is 16.5. The van der Waals surface area contributed by atoms with Crippen LogP contribution >= 0.6 is 0 Å². The van der Waals surface area contributed by atoms with E-state index in [2.05, 4.69) is 25.9 Å². The second kappa shape index (κ2) is 5.81. The molecule has 0 spiro atoms. The molecule has 6 nitrogen and oxygen atoms in total. The molecule has 2 aromatic rings. The molecule has 0 saturated heterocycles. The summed E-state index contributed by atoms with van der Waals surface area (Å²) in [4.78, 5) is 15.1. The van der Waals surface area contributed by atoms with Crippen LogP contribution in [0.25, 0.3) is 16.7 Å². The number of fused-ring (bicyclic) bond motifs is 1. The van der Waals surface area contributed by atoms with Crippen LogP contribution in [0.4, 0.5) is 5.82 Å². The Morgan fingerprint density at radius 3 is 2.88 bits per heavy atom. The zero-order chi connectivity index (χ0) is 16.5. The van der Waals surface area contributed by atoms with Gasteiger partial charge in [0.05, 0.1) is 13.7 Å². The van der Waals surface area contributed by atoms with E-state index >= 15 is 0 Å². The van der Waals surface area contributed by atoms with Gasteiger partial charge in [-0.05, 0) is 29.3 Å². The molecular formula is C18H17N5O. The third-order valence-electron chi connectivity index (χ3n) is 4.20. The molecule has 120 valence electrons. The Hall–Kier alpha value is -3.15. The quantitative estimate of drug-likeness (QED) is 0.940. The predicted octanol–water partition coefficient (Wildman–Crippen LogP) is 2.36. The Bertz CT molecular complexity index is 867. The van der Waals surface area contributed by atoms with E-state index < -0.39 is 0 Å². The Morgan fingerprint density at radius 1 is 1.17 bits per heavy atom. The van der Waals surface area contributed by atoms with Crippen molar-refractivity contribution in [2.24, 2.45) is 4.99 Å². The molecule has 0 aliphatic carbocycles. The minimum Gasteiger partial charge on any atom is -0.481 e. The number of hydrogen-bond acceptors (Lipinski definition) is 6. The van der Waals surface area contributed by atoms with Gasteiger partial charge in [-0.15, -0.1) is 0 Å². The lowest BCUT2D eigenvalue weighted by Gasteiger charge is -2.25. The van der Waals surface area contributed by atoms with Gasteiger partial charge in [0.25, 0.3) is 0 Å². The number of allylic oxidation sites excluding steroid dienone is 2. The zero-order valence-corrected chi connectivity index (χ0v) is 13.3. The number of rotatable bonds is 3. The molecule has 2 aliphatic heterocycles. The standard InChI is InChI=1S/C18H17N5O/c1-24-16-5-3-12(10-22-16)17-14(6-7-21-18(17)19)13-2-4-15-20-8-9-23(15)11-13/h2-8,10H,9,11H2,1H3,(H2,19,21). The lowest BCUT2D eigenvalue weighted by atomic mass is 9.94. The molecule has 6 heteroatoms. The van der Waals surface area contributed by atoms with Gasteiger partial charge < -0.3 is 15.4 Å². The van der Waals surface area contributed by atoms with Crippen molar-refractivity contribution in [3.05, 3.63) is 54.1 Å². The first-order valence-electron chi connectivity index (χ1n) is 7.70. The molecule has 0 aromatic carbocycles. The van der Waals surface area contributed by atoms with Gasteiger partial charge in [-0.2, -0.15) is 0 Å². The molecule has 2 N–H and O–H groups in total. The molecule has 0 atom stereocenters. The van der Waals surface area contributed by atoms with E-state index in [1.165, 1.54) is 5.57 Å². The number of aliphatic imine (C=N–C) groups is 1. The maximum atomic E-state index is 6.19. The second-order valence-electron chi connectivity index (χ2n) is 5.62. The lowest BCUT2D eigenvalue weighted by Crippen LogP contribution is -2.24. The van der Waals surface area contributed by atoms with Gasteiger partial charge in [0.2, 0.25) is 5.88 Å². The smallest absolute Gasteiger partial charge is 0.212 e. The monoisotopic (exact) mass is 319 g/mol. The number of methoxy groups -OCH3 is 1. The number of hydrogen-bond donors (Lipinski definition) is 1. The second-order valence-corrected chi connectivity index (χ2v) is 5.62. The van der Waals surface area contributed by atoms with E-state index in [-0.39, 0.29) is 0 Å². The van der Waals surface area contributed by atoms with Gasteiger partial charge in [0.1, 0.15) is 11.6 Å². The van der Waals surface area contributed by atoms with Crippen molar-refractivity contribution in [3.63, 3.8) is 0 Å². The number of nitrogens with zero attached hydrogens (tertiary/aromatic N) is 4. The summed E-state index contributed by atoms with van der Waals surface area (Å²) in [7, 11) is 1.60. The fourth-order valence-corrected chi connectivity index (χ4v) is 3.01. The first-order chi connectivity index (χ1) is 11.8. The van der Waals surface area contributed by atoms with Crippen molar-refractivity contribution >= 4 is 17.6 Å². The van der Waals surface area contributed by atoms with Crippen molar-refractivity contribution in [3.8, 4) is 17.0 Å². The highest BCUT2D eigenvalue weighted by molar-refractivity contribution is 5.88. The van der Waals surface area contributed by atoms with E-state index in [0.29, 0.717) is 11.7 Å². The van der Waals surface area contributed by atoms with Crippen LogP contribution in [-0.2, 0) is 0 Å². The molecule has 4 heterocycles. The summed E-state index contributed by atoms with van der Waals surface area (Å²) < 4.78 is 5.13. The molecule has 4 rings (SSSR count). The summed E-state index contributed by atoms with van der Waals surface area (Å²) in [6.07, 6.45) is 9.57. The summed E-state index contributed by atoms with van der Waals surface area (Å²) in [5.74, 6) is 2.07. The predicted molar refractivity (Wildman–Crippen MR) is 94.6 cm³/mol. The Balaban J connectivity index is 1.79. The Kier molecular flexibility index (Phi) is 3.49. The first kappa shape index (κ1) is 14.4. The van der Waals surface area contributed by atoms with Crippen LogP contribution in [0.5, 0.6) is 5.88 Å². The minimum absolute atomic E-state index is 0.493. The lowest BCUT2D eigenvalue weighted by molar-refractivity contribution is 0.398. The fourth-order valence-electron chi connectivity index (χ4n) is 3.01. The molecule has 0 saturated carbocycles. The first-order valence-corrected chi connectivity index (χ1v) is 7.70. The van der Waals surface area contributed by atoms with Crippen molar-refractivity contribution in [2.45, 2.75) is 0 Å². The molecule has 24 heavy (non-hydrogen) atoms. The van der Waals surface area contributed by atoms with Gasteiger partial charge in [0, 0.05) is 42.3 Å². The van der Waals surface area contributed by atoms with Crippen molar-refractivity contribution in [2.75, 3.05) is 25.9 Å². The Morgan fingerprint density at radius 2 is 2.08 bits per heavy atom. The van der Waals surface area contributed by atoms with E-state index in [1.807, 2.05) is 30.5 Å². The molecule has 0 bridgehead atoms. The van der Waals surface area contributed by atoms with Gasteiger partial charge in [-0.25, -0.2) is 15.0 Å². The highest BCUT2D eigenvalue weighted by Crippen LogP contribution is 2.35. The van der Waals surface area contributed by atoms with E-state index in [0.717, 1.165) is 35.6 Å². The number of nitrogen functional groups attached to an aromatic ring is 1. The largest absolute Gasteiger partial charge is 0.481 e. The van der Waals surface area contributed by atoms with Crippen molar-refractivity contribution in [1.82, 2.24) is 14.9 Å². The maximum Gasteiger partial charge on any atom is 0.212 e. The summed E-state index contributed by atoms with van der Waals surface area (Å²) in [5.41, 5.74) is 10.3. The van der Waals surface area contributed by atoms with E-state index in [9.17, 15) is 0 Å². The average molecular weight is 319 g/mol. The third-order valence-corrected chi connectivity index (χ3v) is 4.20. The van der Waals surface area contributed by atoms with Crippen molar-refractivity contribution in [1.29, 1.82) is 0 Å². The van der Waals surface area contributed by atoms with E-state index in [4.69, 9.17) is 10.5 Å².